The van der Waals surface area contributed by atoms with E-state index in [1.165, 1.54) is 100 Å². The Morgan fingerprint density at radius 2 is 0.744 bits per heavy atom. The lowest BCUT2D eigenvalue weighted by Crippen LogP contribution is -2.61. The molecule has 0 radical (unpaired) electrons. The van der Waals surface area contributed by atoms with Crippen molar-refractivity contribution >= 4 is 96.1 Å². The molecule has 9 aromatic rings. The molecule has 11 rings (SSSR count). The first kappa shape index (κ1) is 53.0. The predicted octanol–water partition coefficient (Wildman–Crippen LogP) is 18.7. The lowest BCUT2D eigenvalue weighted by atomic mass is 9.33. The molecule has 78 heavy (non-hydrogen) atoms. The fraction of sp³-hybridized carbons (Fsp3) is 0.342. The zero-order chi connectivity index (χ0) is 56.0. The number of benzene rings is 8. The van der Waals surface area contributed by atoms with E-state index in [0.29, 0.717) is 0 Å². The van der Waals surface area contributed by atoms with Crippen molar-refractivity contribution in [3.8, 4) is 0 Å². The third-order valence-corrected chi connectivity index (χ3v) is 17.1. The average molecular weight is 1030 g/mol. The van der Waals surface area contributed by atoms with Gasteiger partial charge in [0.25, 0.3) is 6.71 Å². The highest BCUT2D eigenvalue weighted by Crippen LogP contribution is 2.51. The smallest absolute Gasteiger partial charge is 0.252 e. The molecule has 1 aromatic heterocycles. The molecule has 0 saturated carbocycles. The van der Waals surface area contributed by atoms with Crippen LogP contribution in [0.15, 0.2) is 158 Å². The predicted molar refractivity (Wildman–Crippen MR) is 341 cm³/mol. The van der Waals surface area contributed by atoms with E-state index >= 15 is 0 Å². The van der Waals surface area contributed by atoms with Crippen molar-refractivity contribution in [3.63, 3.8) is 0 Å². The Hall–Kier alpha value is -6.98. The van der Waals surface area contributed by atoms with E-state index in [-0.39, 0.29) is 39.2 Å². The minimum atomic E-state index is -0.165. The molecule has 5 heteroatoms. The van der Waals surface area contributed by atoms with Crippen molar-refractivity contribution < 1.29 is 0 Å². The highest BCUT2D eigenvalue weighted by atomic mass is 15.2. The van der Waals surface area contributed by atoms with Crippen LogP contribution in [-0.2, 0) is 39.5 Å². The number of hydrogen-bond donors (Lipinski definition) is 0. The lowest BCUT2D eigenvalue weighted by molar-refractivity contribution is 0.589. The molecule has 2 aliphatic heterocycles. The zero-order valence-electron chi connectivity index (χ0n) is 50.4. The van der Waals surface area contributed by atoms with Crippen LogP contribution in [0.5, 0.6) is 0 Å². The Kier molecular flexibility index (Phi) is 12.3. The van der Waals surface area contributed by atoms with Gasteiger partial charge in [-0.15, -0.1) is 0 Å². The molecule has 0 bridgehead atoms. The third kappa shape index (κ3) is 9.03. The molecule has 0 fully saturated rings. The summed E-state index contributed by atoms with van der Waals surface area (Å²) in [5.41, 5.74) is 24.7. The molecule has 0 unspecified atom stereocenters. The number of fused-ring (bicyclic) bond motifs is 7. The summed E-state index contributed by atoms with van der Waals surface area (Å²) in [6.07, 6.45) is 0. The van der Waals surface area contributed by atoms with E-state index in [4.69, 9.17) is 0 Å². The standard InChI is InChI=1S/C73H83BN4/c1-68(2,3)46-24-32-52(33-25-46)76(53-34-26-47(27-35-53)69(4,5)6)65-45-55(44-57-56-22-20-21-23-60(56)75(19)67(57)65)78-62-39-31-50(72(13,14)15)41-59(62)74-58-40-49(71(10,11)12)30-38-61(58)77(54-36-28-48(29-37-54)70(7,8)9)63-42-51(73(16,17)18)43-64(78)66(63)74/h20-45H,1-19H3. The van der Waals surface area contributed by atoms with Crippen LogP contribution in [0.2, 0.25) is 0 Å². The Labute approximate surface area is 468 Å². The van der Waals surface area contributed by atoms with Crippen LogP contribution in [0, 0.1) is 0 Å². The van der Waals surface area contributed by atoms with Crippen molar-refractivity contribution in [2.24, 2.45) is 7.05 Å². The molecule has 398 valence electrons. The van der Waals surface area contributed by atoms with Gasteiger partial charge in [0.05, 0.1) is 11.2 Å². The van der Waals surface area contributed by atoms with Crippen molar-refractivity contribution in [1.29, 1.82) is 0 Å². The van der Waals surface area contributed by atoms with Gasteiger partial charge in [0.15, 0.2) is 0 Å². The number of hydrogen-bond acceptors (Lipinski definition) is 3. The van der Waals surface area contributed by atoms with E-state index < -0.39 is 0 Å². The van der Waals surface area contributed by atoms with Gasteiger partial charge < -0.3 is 19.3 Å². The SMILES string of the molecule is Cn1c2ccccc2c2cc(N3c4ccc(C(C)(C)C)cc4B4c5cc(C(C)(C)C)ccc5N(c5ccc(C(C)(C)C)cc5)c5cc(C(C)(C)C)cc3c54)cc(N(c3ccc(C(C)(C)C)cc3)c3ccc(C(C)(C)C)cc3)c21. The van der Waals surface area contributed by atoms with E-state index in [2.05, 4.69) is 309 Å². The molecule has 0 spiro atoms. The Balaban J connectivity index is 1.28. The van der Waals surface area contributed by atoms with Gasteiger partial charge in [-0.1, -0.05) is 203 Å². The van der Waals surface area contributed by atoms with Crippen molar-refractivity contribution in [2.45, 2.75) is 157 Å². The fourth-order valence-electron chi connectivity index (χ4n) is 12.3. The van der Waals surface area contributed by atoms with Crippen LogP contribution in [0.3, 0.4) is 0 Å². The Morgan fingerprint density at radius 1 is 0.346 bits per heavy atom. The number of anilines is 9. The number of nitrogens with zero attached hydrogens (tertiary/aromatic N) is 4. The summed E-state index contributed by atoms with van der Waals surface area (Å²) >= 11 is 0. The number of aromatic nitrogens is 1. The van der Waals surface area contributed by atoms with Crippen LogP contribution in [0.25, 0.3) is 21.8 Å². The number of para-hydroxylation sites is 1. The van der Waals surface area contributed by atoms with Crippen LogP contribution in [0.1, 0.15) is 158 Å². The van der Waals surface area contributed by atoms with E-state index in [9.17, 15) is 0 Å². The molecule has 0 aliphatic carbocycles. The second kappa shape index (κ2) is 18.0. The minimum absolute atomic E-state index is 0.00806. The summed E-state index contributed by atoms with van der Waals surface area (Å²) in [5.74, 6) is 0. The summed E-state index contributed by atoms with van der Waals surface area (Å²) in [6, 6.07) is 61.9. The van der Waals surface area contributed by atoms with Crippen molar-refractivity contribution in [3.05, 3.63) is 191 Å². The zero-order valence-corrected chi connectivity index (χ0v) is 50.4. The largest absolute Gasteiger partial charge is 0.342 e. The molecule has 0 amide bonds. The highest BCUT2D eigenvalue weighted by Gasteiger charge is 2.45. The molecule has 3 heterocycles. The first-order chi connectivity index (χ1) is 36.4. The van der Waals surface area contributed by atoms with Gasteiger partial charge in [0, 0.05) is 68.8 Å². The molecule has 8 aromatic carbocycles. The maximum Gasteiger partial charge on any atom is 0.252 e. The van der Waals surface area contributed by atoms with Gasteiger partial charge in [0.2, 0.25) is 0 Å². The highest BCUT2D eigenvalue weighted by molar-refractivity contribution is 7.00. The molecular weight excluding hydrogens is 944 g/mol. The van der Waals surface area contributed by atoms with Gasteiger partial charge in [-0.25, -0.2) is 0 Å². The molecule has 0 atom stereocenters. The molecule has 0 saturated heterocycles. The normalized spacial score (nSPS) is 14.0. The van der Waals surface area contributed by atoms with E-state index in [1.54, 1.807) is 0 Å². The lowest BCUT2D eigenvalue weighted by Gasteiger charge is -2.46. The maximum atomic E-state index is 2.65. The summed E-state index contributed by atoms with van der Waals surface area (Å²) in [4.78, 5) is 7.77. The van der Waals surface area contributed by atoms with Crippen LogP contribution >= 0.6 is 0 Å². The van der Waals surface area contributed by atoms with Crippen molar-refractivity contribution in [1.82, 2.24) is 4.57 Å². The number of rotatable bonds is 5. The first-order valence-electron chi connectivity index (χ1n) is 28.6. The Morgan fingerprint density at radius 3 is 1.18 bits per heavy atom. The van der Waals surface area contributed by atoms with Crippen LogP contribution in [-0.4, -0.2) is 11.3 Å². The van der Waals surface area contributed by atoms with Gasteiger partial charge in [-0.3, -0.25) is 0 Å². The van der Waals surface area contributed by atoms with Crippen molar-refractivity contribution in [2.75, 3.05) is 14.7 Å². The summed E-state index contributed by atoms with van der Waals surface area (Å²) in [5, 5.41) is 2.46. The molecule has 0 N–H and O–H groups in total. The van der Waals surface area contributed by atoms with Crippen LogP contribution < -0.4 is 31.1 Å². The van der Waals surface area contributed by atoms with E-state index in [0.717, 1.165) is 22.7 Å². The average Bonchev–Trinajstić information content (AvgIpc) is 3.82. The van der Waals surface area contributed by atoms with E-state index in [1.807, 2.05) is 0 Å². The van der Waals surface area contributed by atoms with Gasteiger partial charge in [0.1, 0.15) is 0 Å². The topological polar surface area (TPSA) is 14.7 Å². The molecular formula is C73H83BN4. The summed E-state index contributed by atoms with van der Waals surface area (Å²) < 4.78 is 2.42. The minimum Gasteiger partial charge on any atom is -0.342 e. The van der Waals surface area contributed by atoms with Gasteiger partial charge in [-0.05, 0) is 161 Å². The summed E-state index contributed by atoms with van der Waals surface area (Å²) in [7, 11) is 2.25. The monoisotopic (exact) mass is 1030 g/mol. The maximum absolute atomic E-state index is 2.65. The van der Waals surface area contributed by atoms with Crippen LogP contribution in [0.4, 0.5) is 51.2 Å². The van der Waals surface area contributed by atoms with Gasteiger partial charge in [-0.2, -0.15) is 0 Å². The Bertz CT molecular complexity index is 3740. The quantitative estimate of drug-likeness (QED) is 0.160. The second-order valence-electron chi connectivity index (χ2n) is 29.0. The van der Waals surface area contributed by atoms with Gasteiger partial charge >= 0.3 is 0 Å². The molecule has 2 aliphatic rings. The fourth-order valence-corrected chi connectivity index (χ4v) is 12.3. The first-order valence-corrected chi connectivity index (χ1v) is 28.6. The second-order valence-corrected chi connectivity index (χ2v) is 29.0. The molecule has 4 nitrogen and oxygen atoms in total. The number of aryl methyl sites for hydroxylation is 1. The third-order valence-electron chi connectivity index (χ3n) is 17.1. The summed E-state index contributed by atoms with van der Waals surface area (Å²) in [6.45, 7) is 42.0.